The minimum absolute atomic E-state index is 0.0502. The quantitative estimate of drug-likeness (QED) is 0.669. The summed E-state index contributed by atoms with van der Waals surface area (Å²) in [6, 6.07) is -0.428. The van der Waals surface area contributed by atoms with Crippen molar-refractivity contribution in [2.75, 3.05) is 13.6 Å². The molecule has 6 heteroatoms. The molecule has 0 aliphatic carbocycles. The van der Waals surface area contributed by atoms with Gasteiger partial charge in [0, 0.05) is 26.4 Å². The van der Waals surface area contributed by atoms with Crippen LogP contribution in [0.1, 0.15) is 25.7 Å². The van der Waals surface area contributed by atoms with Gasteiger partial charge in [0.2, 0.25) is 11.8 Å². The van der Waals surface area contributed by atoms with Crippen LogP contribution in [0.4, 0.5) is 0 Å². The fourth-order valence-corrected chi connectivity index (χ4v) is 1.64. The first-order valence-electron chi connectivity index (χ1n) is 5.27. The first kappa shape index (κ1) is 12.5. The van der Waals surface area contributed by atoms with Gasteiger partial charge in [-0.25, -0.2) is 0 Å². The second kappa shape index (κ2) is 5.48. The van der Waals surface area contributed by atoms with E-state index in [4.69, 9.17) is 5.11 Å². The van der Waals surface area contributed by atoms with Crippen molar-refractivity contribution < 1.29 is 19.5 Å². The Kier molecular flexibility index (Phi) is 4.28. The predicted molar refractivity (Wildman–Crippen MR) is 55.7 cm³/mol. The smallest absolute Gasteiger partial charge is 0.303 e. The molecule has 1 atom stereocenters. The van der Waals surface area contributed by atoms with E-state index >= 15 is 0 Å². The number of carboxylic acids is 1. The maximum absolute atomic E-state index is 11.7. The highest BCUT2D eigenvalue weighted by atomic mass is 16.4. The van der Waals surface area contributed by atoms with E-state index in [1.807, 2.05) is 0 Å². The van der Waals surface area contributed by atoms with Crippen LogP contribution in [-0.4, -0.2) is 47.4 Å². The summed E-state index contributed by atoms with van der Waals surface area (Å²) in [5, 5.41) is 11.0. The molecule has 0 aromatic heterocycles. The molecule has 1 fully saturated rings. The van der Waals surface area contributed by atoms with Gasteiger partial charge in [-0.15, -0.1) is 0 Å². The molecule has 0 aromatic carbocycles. The lowest BCUT2D eigenvalue weighted by Gasteiger charge is -2.20. The van der Waals surface area contributed by atoms with Gasteiger partial charge < -0.3 is 15.3 Å². The Bertz CT molecular complexity index is 303. The van der Waals surface area contributed by atoms with Crippen LogP contribution in [0.15, 0.2) is 0 Å². The van der Waals surface area contributed by atoms with Crippen molar-refractivity contribution in [3.63, 3.8) is 0 Å². The number of carbonyl (C=O) groups is 3. The van der Waals surface area contributed by atoms with Gasteiger partial charge >= 0.3 is 5.97 Å². The second-order valence-corrected chi connectivity index (χ2v) is 3.92. The summed E-state index contributed by atoms with van der Waals surface area (Å²) in [5.41, 5.74) is 0. The molecule has 6 nitrogen and oxygen atoms in total. The SMILES string of the molecule is CN(CCCC(=O)O)C(=O)C1CCC(=O)N1. The minimum Gasteiger partial charge on any atom is -0.481 e. The molecule has 16 heavy (non-hydrogen) atoms. The molecule has 2 amide bonds. The van der Waals surface area contributed by atoms with Crippen LogP contribution >= 0.6 is 0 Å². The van der Waals surface area contributed by atoms with Gasteiger partial charge in [-0.1, -0.05) is 0 Å². The molecular weight excluding hydrogens is 212 g/mol. The molecule has 1 unspecified atom stereocenters. The van der Waals surface area contributed by atoms with E-state index in [1.165, 1.54) is 4.90 Å². The van der Waals surface area contributed by atoms with Crippen LogP contribution in [0, 0.1) is 0 Å². The van der Waals surface area contributed by atoms with Crippen LogP contribution < -0.4 is 5.32 Å². The van der Waals surface area contributed by atoms with Gasteiger partial charge in [0.15, 0.2) is 0 Å². The number of amides is 2. The Morgan fingerprint density at radius 1 is 1.56 bits per heavy atom. The van der Waals surface area contributed by atoms with Crippen molar-refractivity contribution in [1.82, 2.24) is 10.2 Å². The summed E-state index contributed by atoms with van der Waals surface area (Å²) in [4.78, 5) is 34.4. The summed E-state index contributed by atoms with van der Waals surface area (Å²) in [6.45, 7) is 0.400. The summed E-state index contributed by atoms with van der Waals surface area (Å²) in [5.74, 6) is -1.11. The molecule has 0 radical (unpaired) electrons. The number of hydrogen-bond donors (Lipinski definition) is 2. The lowest BCUT2D eigenvalue weighted by atomic mass is 10.2. The van der Waals surface area contributed by atoms with Gasteiger partial charge in [0.05, 0.1) is 0 Å². The fourth-order valence-electron chi connectivity index (χ4n) is 1.64. The third-order valence-corrected chi connectivity index (χ3v) is 2.55. The highest BCUT2D eigenvalue weighted by Crippen LogP contribution is 2.09. The summed E-state index contributed by atoms with van der Waals surface area (Å²) in [7, 11) is 1.62. The van der Waals surface area contributed by atoms with E-state index in [0.717, 1.165) is 0 Å². The number of carbonyl (C=O) groups excluding carboxylic acids is 2. The van der Waals surface area contributed by atoms with Crippen LogP contribution in [-0.2, 0) is 14.4 Å². The maximum atomic E-state index is 11.7. The van der Waals surface area contributed by atoms with E-state index in [9.17, 15) is 14.4 Å². The first-order valence-corrected chi connectivity index (χ1v) is 5.27. The highest BCUT2D eigenvalue weighted by Gasteiger charge is 2.29. The minimum atomic E-state index is -0.866. The van der Waals surface area contributed by atoms with Gasteiger partial charge in [0.1, 0.15) is 6.04 Å². The average Bonchev–Trinajstić information content (AvgIpc) is 2.63. The number of nitrogens with zero attached hydrogens (tertiary/aromatic N) is 1. The molecule has 0 spiro atoms. The van der Waals surface area contributed by atoms with E-state index in [2.05, 4.69) is 5.32 Å². The number of hydrogen-bond acceptors (Lipinski definition) is 3. The first-order chi connectivity index (χ1) is 7.50. The zero-order chi connectivity index (χ0) is 12.1. The summed E-state index contributed by atoms with van der Waals surface area (Å²) in [6.07, 6.45) is 1.40. The van der Waals surface area contributed by atoms with Crippen LogP contribution in [0.3, 0.4) is 0 Å². The van der Waals surface area contributed by atoms with Gasteiger partial charge in [-0.3, -0.25) is 14.4 Å². The lowest BCUT2D eigenvalue weighted by Crippen LogP contribution is -2.43. The van der Waals surface area contributed by atoms with E-state index < -0.39 is 12.0 Å². The van der Waals surface area contributed by atoms with E-state index in [-0.39, 0.29) is 18.2 Å². The normalized spacial score (nSPS) is 19.3. The van der Waals surface area contributed by atoms with Crippen molar-refractivity contribution in [2.45, 2.75) is 31.7 Å². The number of likely N-dealkylation sites (N-methyl/N-ethyl adjacent to an activating group) is 1. The number of nitrogens with one attached hydrogen (secondary N) is 1. The molecule has 2 N–H and O–H groups in total. The van der Waals surface area contributed by atoms with E-state index in [0.29, 0.717) is 25.8 Å². The van der Waals surface area contributed by atoms with Crippen molar-refractivity contribution in [2.24, 2.45) is 0 Å². The standard InChI is InChI=1S/C10H16N2O4/c1-12(6-2-3-9(14)15)10(16)7-4-5-8(13)11-7/h7H,2-6H2,1H3,(H,11,13)(H,14,15). The zero-order valence-electron chi connectivity index (χ0n) is 9.23. The monoisotopic (exact) mass is 228 g/mol. The van der Waals surface area contributed by atoms with Crippen molar-refractivity contribution in [3.05, 3.63) is 0 Å². The molecule has 0 saturated carbocycles. The summed E-state index contributed by atoms with van der Waals surface area (Å²) < 4.78 is 0. The second-order valence-electron chi connectivity index (χ2n) is 3.92. The molecule has 1 saturated heterocycles. The fraction of sp³-hybridized carbons (Fsp3) is 0.700. The number of rotatable bonds is 5. The molecule has 1 aliphatic rings. The largest absolute Gasteiger partial charge is 0.481 e. The van der Waals surface area contributed by atoms with Crippen molar-refractivity contribution >= 4 is 17.8 Å². The van der Waals surface area contributed by atoms with Crippen molar-refractivity contribution in [1.29, 1.82) is 0 Å². The van der Waals surface area contributed by atoms with Gasteiger partial charge in [0.25, 0.3) is 0 Å². The van der Waals surface area contributed by atoms with Crippen LogP contribution in [0.2, 0.25) is 0 Å². The third kappa shape index (κ3) is 3.52. The Morgan fingerprint density at radius 2 is 2.25 bits per heavy atom. The number of aliphatic carboxylic acids is 1. The average molecular weight is 228 g/mol. The van der Waals surface area contributed by atoms with E-state index in [1.54, 1.807) is 7.05 Å². The highest BCUT2D eigenvalue weighted by molar-refractivity contribution is 5.90. The molecule has 0 bridgehead atoms. The molecular formula is C10H16N2O4. The molecule has 0 aromatic rings. The molecule has 1 heterocycles. The van der Waals surface area contributed by atoms with Crippen LogP contribution in [0.5, 0.6) is 0 Å². The molecule has 90 valence electrons. The zero-order valence-corrected chi connectivity index (χ0v) is 9.23. The Hall–Kier alpha value is -1.59. The lowest BCUT2D eigenvalue weighted by molar-refractivity contribution is -0.138. The third-order valence-electron chi connectivity index (χ3n) is 2.55. The Morgan fingerprint density at radius 3 is 2.75 bits per heavy atom. The van der Waals surface area contributed by atoms with Gasteiger partial charge in [-0.2, -0.15) is 0 Å². The van der Waals surface area contributed by atoms with Crippen LogP contribution in [0.25, 0.3) is 0 Å². The number of carboxylic acid groups (broad SMARTS) is 1. The predicted octanol–water partition coefficient (Wildman–Crippen LogP) is -0.412. The summed E-state index contributed by atoms with van der Waals surface area (Å²) >= 11 is 0. The Labute approximate surface area is 93.6 Å². The maximum Gasteiger partial charge on any atom is 0.303 e. The topological polar surface area (TPSA) is 86.7 Å². The van der Waals surface area contributed by atoms with Gasteiger partial charge in [-0.05, 0) is 12.8 Å². The molecule has 1 rings (SSSR count). The van der Waals surface area contributed by atoms with Crippen molar-refractivity contribution in [3.8, 4) is 0 Å². The molecule has 1 aliphatic heterocycles. The Balaban J connectivity index is 2.30.